The molecule has 7 nitrogen and oxygen atoms in total. The Kier molecular flexibility index (Phi) is 6.60. The first-order valence-corrected chi connectivity index (χ1v) is 8.85. The number of thioether (sulfide) groups is 1. The van der Waals surface area contributed by atoms with Crippen molar-refractivity contribution in [1.29, 1.82) is 0 Å². The zero-order chi connectivity index (χ0) is 17.5. The normalized spacial score (nSPS) is 10.7. The predicted molar refractivity (Wildman–Crippen MR) is 93.7 cm³/mol. The maximum absolute atomic E-state index is 12.2. The zero-order valence-corrected chi connectivity index (χ0v) is 15.3. The summed E-state index contributed by atoms with van der Waals surface area (Å²) in [6, 6.07) is 5.80. The molecule has 1 heterocycles. The summed E-state index contributed by atoms with van der Waals surface area (Å²) in [5.74, 6) is 1.05. The molecule has 8 heteroatoms. The summed E-state index contributed by atoms with van der Waals surface area (Å²) in [6.45, 7) is 4.87. The van der Waals surface area contributed by atoms with Gasteiger partial charge in [0, 0.05) is 13.6 Å². The van der Waals surface area contributed by atoms with E-state index in [4.69, 9.17) is 4.74 Å². The van der Waals surface area contributed by atoms with Crippen LogP contribution in [0.25, 0.3) is 5.69 Å². The molecule has 130 valence electrons. The van der Waals surface area contributed by atoms with Gasteiger partial charge in [-0.25, -0.2) is 0 Å². The molecule has 0 bridgehead atoms. The van der Waals surface area contributed by atoms with Gasteiger partial charge in [0.15, 0.2) is 0 Å². The standard InChI is InChI=1S/C16H23N5O2S/c1-5-6-9-20(3)15(22)11-24-16-17-18-19-21(16)13-10-12(2)7-8-14(13)23-4/h7-8,10H,5-6,9,11H2,1-4H3. The maximum atomic E-state index is 12.2. The minimum atomic E-state index is 0.0687. The SMILES string of the molecule is CCCCN(C)C(=O)CSc1nnnn1-c1cc(C)ccc1OC. The van der Waals surface area contributed by atoms with Gasteiger partial charge in [-0.1, -0.05) is 31.2 Å². The van der Waals surface area contributed by atoms with Crippen molar-refractivity contribution >= 4 is 17.7 Å². The molecule has 1 amide bonds. The molecule has 2 aromatic rings. The molecule has 24 heavy (non-hydrogen) atoms. The summed E-state index contributed by atoms with van der Waals surface area (Å²) in [5.41, 5.74) is 1.84. The highest BCUT2D eigenvalue weighted by Gasteiger charge is 2.16. The monoisotopic (exact) mass is 349 g/mol. The topological polar surface area (TPSA) is 73.1 Å². The quantitative estimate of drug-likeness (QED) is 0.681. The first-order valence-electron chi connectivity index (χ1n) is 7.87. The Bertz CT molecular complexity index is 689. The summed E-state index contributed by atoms with van der Waals surface area (Å²) >= 11 is 1.32. The summed E-state index contributed by atoms with van der Waals surface area (Å²) in [5, 5.41) is 12.4. The fraction of sp³-hybridized carbons (Fsp3) is 0.500. The van der Waals surface area contributed by atoms with Crippen LogP contribution < -0.4 is 4.74 Å². The van der Waals surface area contributed by atoms with Gasteiger partial charge >= 0.3 is 0 Å². The van der Waals surface area contributed by atoms with Gasteiger partial charge in [-0.15, -0.1) is 5.10 Å². The third kappa shape index (κ3) is 4.47. The molecule has 0 saturated heterocycles. The molecule has 1 aromatic heterocycles. The van der Waals surface area contributed by atoms with Crippen molar-refractivity contribution in [2.75, 3.05) is 26.5 Å². The lowest BCUT2D eigenvalue weighted by Crippen LogP contribution is -2.29. The van der Waals surface area contributed by atoms with Crippen molar-refractivity contribution < 1.29 is 9.53 Å². The molecule has 0 radical (unpaired) electrons. The molecule has 0 atom stereocenters. The number of benzene rings is 1. The number of tetrazole rings is 1. The van der Waals surface area contributed by atoms with Crippen molar-refractivity contribution in [3.63, 3.8) is 0 Å². The lowest BCUT2D eigenvalue weighted by Gasteiger charge is -2.16. The van der Waals surface area contributed by atoms with Crippen LogP contribution in [0.15, 0.2) is 23.4 Å². The second kappa shape index (κ2) is 8.68. The van der Waals surface area contributed by atoms with Crippen LogP contribution in [-0.2, 0) is 4.79 Å². The van der Waals surface area contributed by atoms with Crippen molar-refractivity contribution in [3.05, 3.63) is 23.8 Å². The van der Waals surface area contributed by atoms with E-state index in [-0.39, 0.29) is 5.91 Å². The average molecular weight is 349 g/mol. The number of aromatic nitrogens is 4. The lowest BCUT2D eigenvalue weighted by molar-refractivity contribution is -0.127. The van der Waals surface area contributed by atoms with Crippen molar-refractivity contribution in [1.82, 2.24) is 25.1 Å². The minimum absolute atomic E-state index is 0.0687. The molecule has 0 unspecified atom stereocenters. The Morgan fingerprint density at radius 3 is 2.92 bits per heavy atom. The van der Waals surface area contributed by atoms with Crippen molar-refractivity contribution in [3.8, 4) is 11.4 Å². The third-order valence-corrected chi connectivity index (χ3v) is 4.51. The van der Waals surface area contributed by atoms with Gasteiger partial charge in [0.2, 0.25) is 11.1 Å². The van der Waals surface area contributed by atoms with Crippen LogP contribution in [0.5, 0.6) is 5.75 Å². The van der Waals surface area contributed by atoms with Crippen molar-refractivity contribution in [2.24, 2.45) is 0 Å². The average Bonchev–Trinajstić information content (AvgIpc) is 3.05. The largest absolute Gasteiger partial charge is 0.494 e. The molecular weight excluding hydrogens is 326 g/mol. The molecule has 0 aliphatic heterocycles. The van der Waals surface area contributed by atoms with Crippen molar-refractivity contribution in [2.45, 2.75) is 31.8 Å². The summed E-state index contributed by atoms with van der Waals surface area (Å²) in [4.78, 5) is 13.9. The predicted octanol–water partition coefficient (Wildman–Crippen LogP) is 2.33. The number of ether oxygens (including phenoxy) is 1. The van der Waals surface area contributed by atoms with E-state index in [9.17, 15) is 4.79 Å². The number of rotatable bonds is 8. The third-order valence-electron chi connectivity index (χ3n) is 3.60. The molecular formula is C16H23N5O2S. The summed E-state index contributed by atoms with van der Waals surface area (Å²) < 4.78 is 6.99. The van der Waals surface area contributed by atoms with Crippen LogP contribution >= 0.6 is 11.8 Å². The number of methoxy groups -OCH3 is 1. The number of hydrogen-bond donors (Lipinski definition) is 0. The van der Waals surface area contributed by atoms with E-state index in [1.807, 2.05) is 32.2 Å². The number of aryl methyl sites for hydroxylation is 1. The van der Waals surface area contributed by atoms with Crippen LogP contribution in [0.1, 0.15) is 25.3 Å². The van der Waals surface area contributed by atoms with Crippen LogP contribution in [0.4, 0.5) is 0 Å². The Balaban J connectivity index is 2.11. The van der Waals surface area contributed by atoms with Crippen LogP contribution in [-0.4, -0.2) is 57.5 Å². The van der Waals surface area contributed by atoms with E-state index < -0.39 is 0 Å². The highest BCUT2D eigenvalue weighted by atomic mass is 32.2. The molecule has 0 spiro atoms. The van der Waals surface area contributed by atoms with Gasteiger partial charge in [-0.05, 0) is 41.5 Å². The Morgan fingerprint density at radius 1 is 1.42 bits per heavy atom. The number of carbonyl (C=O) groups excluding carboxylic acids is 1. The Morgan fingerprint density at radius 2 is 2.21 bits per heavy atom. The van der Waals surface area contributed by atoms with E-state index in [0.717, 1.165) is 30.6 Å². The summed E-state index contributed by atoms with van der Waals surface area (Å²) in [6.07, 6.45) is 2.07. The number of amides is 1. The van der Waals surface area contributed by atoms with Gasteiger partial charge in [0.1, 0.15) is 11.4 Å². The molecule has 0 saturated carbocycles. The molecule has 0 N–H and O–H groups in total. The Hall–Kier alpha value is -2.09. The van der Waals surface area contributed by atoms with Gasteiger partial charge in [0.05, 0.1) is 12.9 Å². The second-order valence-electron chi connectivity index (χ2n) is 5.51. The number of nitrogens with zero attached hydrogens (tertiary/aromatic N) is 5. The Labute approximate surface area is 146 Å². The fourth-order valence-corrected chi connectivity index (χ4v) is 2.97. The van der Waals surface area contributed by atoms with E-state index in [0.29, 0.717) is 16.7 Å². The number of carbonyl (C=O) groups is 1. The molecule has 0 fully saturated rings. The first-order chi connectivity index (χ1) is 11.6. The fourth-order valence-electron chi connectivity index (χ4n) is 2.14. The first kappa shape index (κ1) is 18.3. The van der Waals surface area contributed by atoms with E-state index >= 15 is 0 Å². The lowest BCUT2D eigenvalue weighted by atomic mass is 10.2. The molecule has 1 aromatic carbocycles. The smallest absolute Gasteiger partial charge is 0.232 e. The highest BCUT2D eigenvalue weighted by Crippen LogP contribution is 2.27. The van der Waals surface area contributed by atoms with E-state index in [1.54, 1.807) is 16.7 Å². The van der Waals surface area contributed by atoms with Crippen LogP contribution in [0, 0.1) is 6.92 Å². The highest BCUT2D eigenvalue weighted by molar-refractivity contribution is 7.99. The van der Waals surface area contributed by atoms with Gasteiger partial charge in [0.25, 0.3) is 0 Å². The maximum Gasteiger partial charge on any atom is 0.232 e. The van der Waals surface area contributed by atoms with Gasteiger partial charge in [-0.2, -0.15) is 4.68 Å². The summed E-state index contributed by atoms with van der Waals surface area (Å²) in [7, 11) is 3.43. The van der Waals surface area contributed by atoms with E-state index in [2.05, 4.69) is 22.4 Å². The zero-order valence-electron chi connectivity index (χ0n) is 14.5. The van der Waals surface area contributed by atoms with Crippen LogP contribution in [0.3, 0.4) is 0 Å². The molecule has 2 rings (SSSR count). The molecule has 0 aliphatic rings. The molecule has 0 aliphatic carbocycles. The second-order valence-corrected chi connectivity index (χ2v) is 6.45. The van der Waals surface area contributed by atoms with E-state index in [1.165, 1.54) is 11.8 Å². The number of hydrogen-bond acceptors (Lipinski definition) is 6. The van der Waals surface area contributed by atoms with Crippen LogP contribution in [0.2, 0.25) is 0 Å². The number of unbranched alkanes of at least 4 members (excludes halogenated alkanes) is 1. The minimum Gasteiger partial charge on any atom is -0.494 e. The van der Waals surface area contributed by atoms with Gasteiger partial charge in [-0.3, -0.25) is 4.79 Å². The van der Waals surface area contributed by atoms with Gasteiger partial charge < -0.3 is 9.64 Å².